The van der Waals surface area contributed by atoms with Crippen LogP contribution in [0, 0.1) is 0 Å². The molecule has 0 saturated heterocycles. The number of amides is 1. The lowest BCUT2D eigenvalue weighted by Gasteiger charge is -2.23. The predicted molar refractivity (Wildman–Crippen MR) is 86.5 cm³/mol. The maximum Gasteiger partial charge on any atom is 0.255 e. The minimum absolute atomic E-state index is 0.0619. The lowest BCUT2D eigenvalue weighted by molar-refractivity contribution is 0.0793. The van der Waals surface area contributed by atoms with E-state index < -0.39 is 0 Å². The van der Waals surface area contributed by atoms with Crippen molar-refractivity contribution in [2.24, 2.45) is 0 Å². The van der Waals surface area contributed by atoms with E-state index in [0.29, 0.717) is 22.8 Å². The molecule has 3 rings (SSSR count). The summed E-state index contributed by atoms with van der Waals surface area (Å²) >= 11 is 0. The van der Waals surface area contributed by atoms with Gasteiger partial charge in [0.25, 0.3) is 5.91 Å². The largest absolute Gasteiger partial charge is 0.493 e. The van der Waals surface area contributed by atoms with Crippen LogP contribution in [-0.2, 0) is 0 Å². The van der Waals surface area contributed by atoms with Gasteiger partial charge < -0.3 is 19.1 Å². The monoisotopic (exact) mass is 313 g/mol. The maximum atomic E-state index is 12.7. The van der Waals surface area contributed by atoms with E-state index in [2.05, 4.69) is 0 Å². The van der Waals surface area contributed by atoms with E-state index >= 15 is 0 Å². The highest BCUT2D eigenvalue weighted by atomic mass is 16.5. The molecule has 2 aromatic rings. The molecule has 1 amide bonds. The van der Waals surface area contributed by atoms with Crippen LogP contribution < -0.4 is 14.2 Å². The van der Waals surface area contributed by atoms with Gasteiger partial charge in [0.05, 0.1) is 32.9 Å². The lowest BCUT2D eigenvalue weighted by atomic mass is 9.96. The van der Waals surface area contributed by atoms with E-state index in [-0.39, 0.29) is 11.9 Å². The first-order valence-electron chi connectivity index (χ1n) is 7.29. The molecule has 5 nitrogen and oxygen atoms in total. The number of methoxy groups -OCH3 is 3. The molecule has 0 spiro atoms. The van der Waals surface area contributed by atoms with Crippen molar-refractivity contribution in [1.29, 1.82) is 0 Å². The topological polar surface area (TPSA) is 48.0 Å². The molecule has 5 heteroatoms. The van der Waals surface area contributed by atoms with E-state index in [1.165, 1.54) is 0 Å². The third-order valence-electron chi connectivity index (χ3n) is 4.20. The van der Waals surface area contributed by atoms with Gasteiger partial charge in [-0.15, -0.1) is 0 Å². The summed E-state index contributed by atoms with van der Waals surface area (Å²) in [6.45, 7) is 0. The Morgan fingerprint density at radius 2 is 1.61 bits per heavy atom. The molecule has 0 fully saturated rings. The third-order valence-corrected chi connectivity index (χ3v) is 4.20. The zero-order valence-corrected chi connectivity index (χ0v) is 13.6. The van der Waals surface area contributed by atoms with Crippen LogP contribution in [-0.4, -0.2) is 39.2 Å². The summed E-state index contributed by atoms with van der Waals surface area (Å²) in [6, 6.07) is 11.4. The smallest absolute Gasteiger partial charge is 0.255 e. The molecule has 120 valence electrons. The van der Waals surface area contributed by atoms with Crippen molar-refractivity contribution in [3.63, 3.8) is 0 Å². The van der Waals surface area contributed by atoms with E-state index in [4.69, 9.17) is 14.2 Å². The molecular formula is C18H19NO4. The van der Waals surface area contributed by atoms with Crippen LogP contribution in [0.5, 0.6) is 17.2 Å². The second kappa shape index (κ2) is 5.83. The van der Waals surface area contributed by atoms with Gasteiger partial charge in [-0.05, 0) is 11.6 Å². The Bertz CT molecular complexity index is 742. The Balaban J connectivity index is 2.30. The van der Waals surface area contributed by atoms with Crippen LogP contribution >= 0.6 is 0 Å². The van der Waals surface area contributed by atoms with Gasteiger partial charge in [-0.3, -0.25) is 4.79 Å². The standard InChI is InChI=1S/C18H19NO4/c1-19-15(11-8-6-5-7-9-11)14-12(18(19)20)10-13(21-2)16(22-3)17(14)23-4/h5-10,15H,1-4H3. The van der Waals surface area contributed by atoms with E-state index in [0.717, 1.165) is 11.1 Å². The highest BCUT2D eigenvalue weighted by Crippen LogP contribution is 2.50. The molecule has 1 heterocycles. The molecule has 0 radical (unpaired) electrons. The van der Waals surface area contributed by atoms with Gasteiger partial charge >= 0.3 is 0 Å². The molecule has 23 heavy (non-hydrogen) atoms. The SMILES string of the molecule is COc1cc2c(c(OC)c1OC)C(c1ccccc1)N(C)C2=O. The van der Waals surface area contributed by atoms with Crippen LogP contribution in [0.2, 0.25) is 0 Å². The van der Waals surface area contributed by atoms with Crippen molar-refractivity contribution in [1.82, 2.24) is 4.90 Å². The van der Waals surface area contributed by atoms with Gasteiger partial charge in [0, 0.05) is 12.6 Å². The zero-order chi connectivity index (χ0) is 16.6. The number of hydrogen-bond acceptors (Lipinski definition) is 4. The number of carbonyl (C=O) groups excluding carboxylic acids is 1. The van der Waals surface area contributed by atoms with Crippen molar-refractivity contribution in [3.05, 3.63) is 53.1 Å². The Morgan fingerprint density at radius 3 is 2.17 bits per heavy atom. The molecule has 1 aliphatic rings. The molecule has 0 saturated carbocycles. The summed E-state index contributed by atoms with van der Waals surface area (Å²) in [4.78, 5) is 14.4. The van der Waals surface area contributed by atoms with Crippen molar-refractivity contribution in [3.8, 4) is 17.2 Å². The summed E-state index contributed by atoms with van der Waals surface area (Å²) in [6.07, 6.45) is 0. The quantitative estimate of drug-likeness (QED) is 0.871. The average molecular weight is 313 g/mol. The molecular weight excluding hydrogens is 294 g/mol. The maximum absolute atomic E-state index is 12.7. The molecule has 0 bridgehead atoms. The number of fused-ring (bicyclic) bond motifs is 1. The van der Waals surface area contributed by atoms with Gasteiger partial charge in [0.2, 0.25) is 5.75 Å². The van der Waals surface area contributed by atoms with Crippen molar-refractivity contribution in [2.75, 3.05) is 28.4 Å². The Kier molecular flexibility index (Phi) is 3.86. The van der Waals surface area contributed by atoms with Crippen LogP contribution in [0.4, 0.5) is 0 Å². The number of ether oxygens (including phenoxy) is 3. The van der Waals surface area contributed by atoms with Gasteiger partial charge in [0.15, 0.2) is 11.5 Å². The van der Waals surface area contributed by atoms with Crippen molar-refractivity contribution < 1.29 is 19.0 Å². The Labute approximate surface area is 135 Å². The predicted octanol–water partition coefficient (Wildman–Crippen LogP) is 2.89. The summed E-state index contributed by atoms with van der Waals surface area (Å²) in [5.74, 6) is 1.46. The van der Waals surface area contributed by atoms with Gasteiger partial charge in [-0.1, -0.05) is 30.3 Å². The van der Waals surface area contributed by atoms with E-state index in [1.807, 2.05) is 30.3 Å². The van der Waals surface area contributed by atoms with Crippen LogP contribution in [0.3, 0.4) is 0 Å². The van der Waals surface area contributed by atoms with Crippen LogP contribution in [0.25, 0.3) is 0 Å². The summed E-state index contributed by atoms with van der Waals surface area (Å²) in [5.41, 5.74) is 2.41. The number of nitrogens with zero attached hydrogens (tertiary/aromatic N) is 1. The third kappa shape index (κ3) is 2.20. The van der Waals surface area contributed by atoms with E-state index in [9.17, 15) is 4.79 Å². The second-order valence-corrected chi connectivity index (χ2v) is 5.34. The Morgan fingerprint density at radius 1 is 0.957 bits per heavy atom. The van der Waals surface area contributed by atoms with Crippen molar-refractivity contribution >= 4 is 5.91 Å². The molecule has 0 aromatic heterocycles. The molecule has 1 atom stereocenters. The average Bonchev–Trinajstić information content (AvgIpc) is 2.85. The fourth-order valence-corrected chi connectivity index (χ4v) is 3.15. The zero-order valence-electron chi connectivity index (χ0n) is 13.6. The second-order valence-electron chi connectivity index (χ2n) is 5.34. The van der Waals surface area contributed by atoms with Crippen molar-refractivity contribution in [2.45, 2.75) is 6.04 Å². The van der Waals surface area contributed by atoms with Gasteiger partial charge in [-0.2, -0.15) is 0 Å². The first-order chi connectivity index (χ1) is 11.1. The fourth-order valence-electron chi connectivity index (χ4n) is 3.15. The molecule has 0 aliphatic carbocycles. The van der Waals surface area contributed by atoms with Crippen LogP contribution in [0.1, 0.15) is 27.5 Å². The minimum Gasteiger partial charge on any atom is -0.493 e. The minimum atomic E-state index is -0.214. The normalized spacial score (nSPS) is 16.3. The molecule has 1 unspecified atom stereocenters. The highest BCUT2D eigenvalue weighted by molar-refractivity contribution is 6.01. The highest BCUT2D eigenvalue weighted by Gasteiger charge is 2.40. The van der Waals surface area contributed by atoms with E-state index in [1.54, 1.807) is 39.3 Å². The summed E-state index contributed by atoms with van der Waals surface area (Å²) in [5, 5.41) is 0. The first kappa shape index (κ1) is 15.2. The molecule has 1 aliphatic heterocycles. The van der Waals surface area contributed by atoms with Gasteiger partial charge in [0.1, 0.15) is 0 Å². The molecule has 0 N–H and O–H groups in total. The summed E-state index contributed by atoms with van der Waals surface area (Å²) < 4.78 is 16.4. The summed E-state index contributed by atoms with van der Waals surface area (Å²) in [7, 11) is 6.47. The number of hydrogen-bond donors (Lipinski definition) is 0. The first-order valence-corrected chi connectivity index (χ1v) is 7.29. The van der Waals surface area contributed by atoms with Crippen LogP contribution in [0.15, 0.2) is 36.4 Å². The molecule has 2 aromatic carbocycles. The number of carbonyl (C=O) groups is 1. The lowest BCUT2D eigenvalue weighted by Crippen LogP contribution is -2.23. The number of rotatable bonds is 4. The number of benzene rings is 2. The Hall–Kier alpha value is -2.69. The fraction of sp³-hybridized carbons (Fsp3) is 0.278. The van der Waals surface area contributed by atoms with Gasteiger partial charge in [-0.25, -0.2) is 0 Å².